The number of rotatable bonds is 4. The van der Waals surface area contributed by atoms with Gasteiger partial charge >= 0.3 is 5.63 Å². The summed E-state index contributed by atoms with van der Waals surface area (Å²) in [4.78, 5) is 40.5. The normalized spacial score (nSPS) is 12.6. The number of anilines is 2. The summed E-state index contributed by atoms with van der Waals surface area (Å²) in [5.74, 6) is -0.232. The molecule has 0 spiro atoms. The molecule has 8 heteroatoms. The second-order valence-electron chi connectivity index (χ2n) is 7.31. The molecule has 2 aromatic carbocycles. The molecular formula is C24H18N2O5S. The molecule has 0 saturated carbocycles. The van der Waals surface area contributed by atoms with Crippen LogP contribution in [0.5, 0.6) is 5.75 Å². The van der Waals surface area contributed by atoms with Crippen molar-refractivity contribution in [2.45, 2.75) is 6.42 Å². The first-order valence-corrected chi connectivity index (χ1v) is 10.8. The van der Waals surface area contributed by atoms with E-state index in [1.54, 1.807) is 41.3 Å². The predicted molar refractivity (Wildman–Crippen MR) is 123 cm³/mol. The number of ether oxygens (including phenoxy) is 1. The number of methoxy groups -OCH3 is 1. The van der Waals surface area contributed by atoms with Gasteiger partial charge in [0.2, 0.25) is 0 Å². The number of benzene rings is 2. The zero-order chi connectivity index (χ0) is 22.2. The quantitative estimate of drug-likeness (QED) is 0.472. The molecule has 0 aliphatic carbocycles. The van der Waals surface area contributed by atoms with Crippen molar-refractivity contribution < 1.29 is 18.7 Å². The van der Waals surface area contributed by atoms with Gasteiger partial charge in [-0.3, -0.25) is 9.59 Å². The molecule has 3 heterocycles. The van der Waals surface area contributed by atoms with E-state index in [9.17, 15) is 14.4 Å². The van der Waals surface area contributed by atoms with Crippen LogP contribution in [0.4, 0.5) is 11.4 Å². The maximum absolute atomic E-state index is 12.9. The Balaban J connectivity index is 1.44. The lowest BCUT2D eigenvalue weighted by atomic mass is 10.1. The van der Waals surface area contributed by atoms with Crippen LogP contribution in [0.15, 0.2) is 69.2 Å². The Kier molecular flexibility index (Phi) is 4.99. The highest BCUT2D eigenvalue weighted by Crippen LogP contribution is 2.33. The molecule has 1 aliphatic rings. The van der Waals surface area contributed by atoms with E-state index < -0.39 is 11.5 Å². The highest BCUT2D eigenvalue weighted by molar-refractivity contribution is 7.12. The van der Waals surface area contributed by atoms with E-state index in [2.05, 4.69) is 5.32 Å². The van der Waals surface area contributed by atoms with Gasteiger partial charge in [-0.1, -0.05) is 24.3 Å². The fraction of sp³-hybridized carbons (Fsp3) is 0.125. The van der Waals surface area contributed by atoms with Gasteiger partial charge in [0.1, 0.15) is 5.56 Å². The van der Waals surface area contributed by atoms with Crippen LogP contribution < -0.4 is 20.6 Å². The van der Waals surface area contributed by atoms with Crippen LogP contribution in [0.3, 0.4) is 0 Å². The van der Waals surface area contributed by atoms with Crippen LogP contribution in [0.1, 0.15) is 25.6 Å². The lowest BCUT2D eigenvalue weighted by Crippen LogP contribution is -2.28. The maximum Gasteiger partial charge on any atom is 0.349 e. The Hall–Kier alpha value is -3.91. The van der Waals surface area contributed by atoms with E-state index in [1.807, 2.05) is 17.5 Å². The van der Waals surface area contributed by atoms with Gasteiger partial charge in [0, 0.05) is 23.3 Å². The highest BCUT2D eigenvalue weighted by atomic mass is 32.1. The van der Waals surface area contributed by atoms with Crippen molar-refractivity contribution >= 4 is 45.5 Å². The standard InChI is InChI=1S/C24H18N2O5S/c1-30-19-5-2-4-15-12-17(24(29)31-21(15)19)22(27)25-16-8-7-14-9-10-26(18(14)13-16)23(28)20-6-3-11-32-20/h2-8,11-13H,9-10H2,1H3,(H,25,27). The first-order chi connectivity index (χ1) is 15.5. The first-order valence-electron chi connectivity index (χ1n) is 9.95. The summed E-state index contributed by atoms with van der Waals surface area (Å²) in [5, 5.41) is 5.20. The first kappa shape index (κ1) is 20.0. The number of fused-ring (bicyclic) bond motifs is 2. The second kappa shape index (κ2) is 7.97. The summed E-state index contributed by atoms with van der Waals surface area (Å²) < 4.78 is 10.6. The molecule has 0 fully saturated rings. The summed E-state index contributed by atoms with van der Waals surface area (Å²) in [6, 6.07) is 15.7. The number of amides is 2. The van der Waals surface area contributed by atoms with E-state index >= 15 is 0 Å². The molecular weight excluding hydrogens is 428 g/mol. The van der Waals surface area contributed by atoms with E-state index in [0.717, 1.165) is 17.7 Å². The molecule has 160 valence electrons. The molecule has 2 aromatic heterocycles. The highest BCUT2D eigenvalue weighted by Gasteiger charge is 2.27. The van der Waals surface area contributed by atoms with E-state index in [4.69, 9.17) is 9.15 Å². The van der Waals surface area contributed by atoms with Gasteiger partial charge in [-0.15, -0.1) is 11.3 Å². The third-order valence-electron chi connectivity index (χ3n) is 5.40. The summed E-state index contributed by atoms with van der Waals surface area (Å²) in [5.41, 5.74) is 1.70. The molecule has 0 radical (unpaired) electrons. The van der Waals surface area contributed by atoms with E-state index in [1.165, 1.54) is 24.5 Å². The van der Waals surface area contributed by atoms with Crippen LogP contribution in [0.25, 0.3) is 11.0 Å². The average Bonchev–Trinajstić information content (AvgIpc) is 3.48. The minimum absolute atomic E-state index is 0.0636. The molecule has 0 unspecified atom stereocenters. The number of carbonyl (C=O) groups excluding carboxylic acids is 2. The number of hydrogen-bond acceptors (Lipinski definition) is 6. The third-order valence-corrected chi connectivity index (χ3v) is 6.26. The van der Waals surface area contributed by atoms with Gasteiger partial charge in [-0.2, -0.15) is 0 Å². The lowest BCUT2D eigenvalue weighted by molar-refractivity contribution is 0.0991. The Morgan fingerprint density at radius 3 is 2.78 bits per heavy atom. The molecule has 1 N–H and O–H groups in total. The Morgan fingerprint density at radius 2 is 2.00 bits per heavy atom. The summed E-state index contributed by atoms with van der Waals surface area (Å²) in [7, 11) is 1.48. The molecule has 1 aliphatic heterocycles. The molecule has 32 heavy (non-hydrogen) atoms. The molecule has 2 amide bonds. The number of para-hydroxylation sites is 1. The van der Waals surface area contributed by atoms with Crippen molar-refractivity contribution in [3.63, 3.8) is 0 Å². The van der Waals surface area contributed by atoms with Crippen LogP contribution >= 0.6 is 11.3 Å². The zero-order valence-corrected chi connectivity index (χ0v) is 17.9. The Bertz CT molecular complexity index is 1410. The van der Waals surface area contributed by atoms with Gasteiger partial charge in [0.15, 0.2) is 11.3 Å². The van der Waals surface area contributed by atoms with Gasteiger partial charge in [0.25, 0.3) is 11.8 Å². The van der Waals surface area contributed by atoms with Gasteiger partial charge in [-0.05, 0) is 47.7 Å². The van der Waals surface area contributed by atoms with Crippen LogP contribution in [-0.2, 0) is 6.42 Å². The predicted octanol–water partition coefficient (Wildman–Crippen LogP) is 4.32. The van der Waals surface area contributed by atoms with Crippen molar-refractivity contribution in [3.8, 4) is 5.75 Å². The Morgan fingerprint density at radius 1 is 1.12 bits per heavy atom. The zero-order valence-electron chi connectivity index (χ0n) is 17.1. The summed E-state index contributed by atoms with van der Waals surface area (Å²) in [6.07, 6.45) is 0.747. The van der Waals surface area contributed by atoms with Crippen molar-refractivity contribution in [1.82, 2.24) is 0 Å². The number of hydrogen-bond donors (Lipinski definition) is 1. The average molecular weight is 446 g/mol. The third kappa shape index (κ3) is 3.44. The molecule has 4 aromatic rings. The number of thiophene rings is 1. The van der Waals surface area contributed by atoms with Gasteiger partial charge < -0.3 is 19.4 Å². The summed E-state index contributed by atoms with van der Waals surface area (Å²) in [6.45, 7) is 0.583. The SMILES string of the molecule is COc1cccc2cc(C(=O)Nc3ccc4c(c3)N(C(=O)c3cccs3)CC4)c(=O)oc12. The number of carbonyl (C=O) groups is 2. The largest absolute Gasteiger partial charge is 0.493 e. The second-order valence-corrected chi connectivity index (χ2v) is 8.26. The Labute approximate surface area is 186 Å². The molecule has 0 saturated heterocycles. The number of nitrogens with one attached hydrogen (secondary N) is 1. The monoisotopic (exact) mass is 446 g/mol. The van der Waals surface area contributed by atoms with Crippen LogP contribution in [-0.4, -0.2) is 25.5 Å². The maximum atomic E-state index is 12.9. The molecule has 0 atom stereocenters. The van der Waals surface area contributed by atoms with E-state index in [-0.39, 0.29) is 17.1 Å². The minimum atomic E-state index is -0.754. The van der Waals surface area contributed by atoms with Gasteiger partial charge in [0.05, 0.1) is 12.0 Å². The van der Waals surface area contributed by atoms with Crippen LogP contribution in [0, 0.1) is 0 Å². The van der Waals surface area contributed by atoms with Crippen molar-refractivity contribution in [3.05, 3.63) is 86.4 Å². The van der Waals surface area contributed by atoms with E-state index in [0.29, 0.717) is 28.2 Å². The summed E-state index contributed by atoms with van der Waals surface area (Å²) >= 11 is 1.39. The van der Waals surface area contributed by atoms with Crippen molar-refractivity contribution in [1.29, 1.82) is 0 Å². The topological polar surface area (TPSA) is 88.9 Å². The fourth-order valence-corrected chi connectivity index (χ4v) is 4.51. The molecule has 7 nitrogen and oxygen atoms in total. The smallest absolute Gasteiger partial charge is 0.349 e. The number of nitrogens with zero attached hydrogens (tertiary/aromatic N) is 1. The van der Waals surface area contributed by atoms with Crippen molar-refractivity contribution in [2.75, 3.05) is 23.9 Å². The van der Waals surface area contributed by atoms with Crippen molar-refractivity contribution in [2.24, 2.45) is 0 Å². The minimum Gasteiger partial charge on any atom is -0.493 e. The lowest BCUT2D eigenvalue weighted by Gasteiger charge is -2.17. The van der Waals surface area contributed by atoms with Crippen LogP contribution in [0.2, 0.25) is 0 Å². The fourth-order valence-electron chi connectivity index (χ4n) is 3.84. The van der Waals surface area contributed by atoms with Gasteiger partial charge in [-0.25, -0.2) is 4.79 Å². The molecule has 0 bridgehead atoms. The molecule has 5 rings (SSSR count).